The Labute approximate surface area is 274 Å². The van der Waals surface area contributed by atoms with Crippen molar-refractivity contribution in [2.75, 3.05) is 13.7 Å². The van der Waals surface area contributed by atoms with Gasteiger partial charge in [-0.1, -0.05) is 59.9 Å². The number of benzene rings is 3. The van der Waals surface area contributed by atoms with Gasteiger partial charge in [-0.25, -0.2) is 14.2 Å². The smallest absolute Gasteiger partial charge is 0.338 e. The molecule has 3 heterocycles. The Bertz CT molecular complexity index is 2070. The lowest BCUT2D eigenvalue weighted by Crippen LogP contribution is -2.39. The van der Waals surface area contributed by atoms with E-state index in [-0.39, 0.29) is 24.6 Å². The average Bonchev–Trinajstić information content (AvgIpc) is 3.69. The highest BCUT2D eigenvalue weighted by atomic mass is 79.9. The van der Waals surface area contributed by atoms with Crippen LogP contribution in [0.1, 0.15) is 34.5 Å². The number of rotatable bonds is 9. The van der Waals surface area contributed by atoms with Gasteiger partial charge in [0.05, 0.1) is 34.0 Å². The first-order valence-electron chi connectivity index (χ1n) is 13.9. The molecule has 5 aromatic rings. The second kappa shape index (κ2) is 13.4. The molecule has 45 heavy (non-hydrogen) atoms. The van der Waals surface area contributed by atoms with E-state index in [4.69, 9.17) is 19.2 Å². The molecule has 6 rings (SSSR count). The van der Waals surface area contributed by atoms with Gasteiger partial charge in [0.25, 0.3) is 5.56 Å². The van der Waals surface area contributed by atoms with Crippen LogP contribution in [-0.4, -0.2) is 24.3 Å². The van der Waals surface area contributed by atoms with Gasteiger partial charge in [-0.3, -0.25) is 9.36 Å². The second-order valence-electron chi connectivity index (χ2n) is 9.90. The standard InChI is InChI=1S/C34H26BrFN2O5S2/c1-3-42-33(40)28-29(22-8-5-4-6-9-22)37-34-38(30(28)26-10-7-15-44-26)32(39)27(45-34)18-21-16-24(35)31(25(17-21)41-2)43-19-20-11-13-23(36)14-12-20/h4-18,30H,3,19H2,1-2H3/b27-18-/t30-/m0/s1. The van der Waals surface area contributed by atoms with Crippen molar-refractivity contribution in [2.45, 2.75) is 19.6 Å². The minimum absolute atomic E-state index is 0.187. The lowest BCUT2D eigenvalue weighted by Gasteiger charge is -2.24. The van der Waals surface area contributed by atoms with Gasteiger partial charge in [0.15, 0.2) is 16.3 Å². The summed E-state index contributed by atoms with van der Waals surface area (Å²) in [5.74, 6) is 0.0996. The molecule has 0 saturated carbocycles. The largest absolute Gasteiger partial charge is 0.493 e. The van der Waals surface area contributed by atoms with E-state index in [0.29, 0.717) is 42.1 Å². The molecule has 11 heteroatoms. The number of hydrogen-bond acceptors (Lipinski definition) is 8. The van der Waals surface area contributed by atoms with Crippen molar-refractivity contribution in [3.8, 4) is 11.5 Å². The zero-order valence-corrected chi connectivity index (χ0v) is 27.4. The number of halogens is 2. The maximum Gasteiger partial charge on any atom is 0.338 e. The lowest BCUT2D eigenvalue weighted by atomic mass is 9.97. The number of thiophene rings is 1. The second-order valence-corrected chi connectivity index (χ2v) is 12.7. The molecule has 0 spiro atoms. The number of ether oxygens (including phenoxy) is 3. The van der Waals surface area contributed by atoms with Crippen molar-refractivity contribution in [3.05, 3.63) is 141 Å². The van der Waals surface area contributed by atoms with E-state index in [1.807, 2.05) is 53.9 Å². The van der Waals surface area contributed by atoms with Gasteiger partial charge in [-0.15, -0.1) is 11.3 Å². The maximum atomic E-state index is 14.1. The summed E-state index contributed by atoms with van der Waals surface area (Å²) in [6.45, 7) is 2.15. The van der Waals surface area contributed by atoms with Crippen molar-refractivity contribution in [3.63, 3.8) is 0 Å². The van der Waals surface area contributed by atoms with Crippen LogP contribution in [0.15, 0.2) is 104 Å². The molecule has 1 atom stereocenters. The van der Waals surface area contributed by atoms with Crippen LogP contribution in [0.25, 0.3) is 11.8 Å². The van der Waals surface area contributed by atoms with Crippen LogP contribution in [0.2, 0.25) is 0 Å². The normalized spacial score (nSPS) is 14.6. The van der Waals surface area contributed by atoms with Crippen molar-refractivity contribution in [1.82, 2.24) is 4.57 Å². The summed E-state index contributed by atoms with van der Waals surface area (Å²) in [5.41, 5.74) is 2.76. The first kappa shape index (κ1) is 30.7. The minimum atomic E-state index is -0.707. The lowest BCUT2D eigenvalue weighted by molar-refractivity contribution is -0.138. The summed E-state index contributed by atoms with van der Waals surface area (Å²) in [6, 6.07) is 22.2. The zero-order chi connectivity index (χ0) is 31.5. The van der Waals surface area contributed by atoms with Gasteiger partial charge in [0.2, 0.25) is 0 Å². The van der Waals surface area contributed by atoms with Gasteiger partial charge >= 0.3 is 5.97 Å². The molecular formula is C34H26BrFN2O5S2. The molecular weight excluding hydrogens is 679 g/mol. The Hall–Kier alpha value is -4.32. The first-order valence-corrected chi connectivity index (χ1v) is 16.4. The molecule has 0 bridgehead atoms. The van der Waals surface area contributed by atoms with Crippen molar-refractivity contribution in [1.29, 1.82) is 0 Å². The summed E-state index contributed by atoms with van der Waals surface area (Å²) < 4.78 is 33.1. The van der Waals surface area contributed by atoms with Crippen LogP contribution < -0.4 is 24.4 Å². The van der Waals surface area contributed by atoms with Crippen LogP contribution >= 0.6 is 38.6 Å². The molecule has 3 aromatic carbocycles. The summed E-state index contributed by atoms with van der Waals surface area (Å²) in [5, 5.41) is 1.92. The maximum absolute atomic E-state index is 14.1. The molecule has 228 valence electrons. The number of carbonyl (C=O) groups excluding carboxylic acids is 1. The predicted molar refractivity (Wildman–Crippen MR) is 177 cm³/mol. The number of nitrogens with zero attached hydrogens (tertiary/aromatic N) is 2. The van der Waals surface area contributed by atoms with E-state index < -0.39 is 12.0 Å². The quantitative estimate of drug-likeness (QED) is 0.164. The Kier molecular flexibility index (Phi) is 9.11. The summed E-state index contributed by atoms with van der Waals surface area (Å²) in [4.78, 5) is 33.8. The van der Waals surface area contributed by atoms with E-state index in [1.165, 1.54) is 41.9 Å². The summed E-state index contributed by atoms with van der Waals surface area (Å²) in [6.07, 6.45) is 1.77. The minimum Gasteiger partial charge on any atom is -0.493 e. The fraction of sp³-hybridized carbons (Fsp3) is 0.147. The monoisotopic (exact) mass is 704 g/mol. The first-order chi connectivity index (χ1) is 21.9. The number of carbonyl (C=O) groups is 1. The number of methoxy groups -OCH3 is 1. The molecule has 0 radical (unpaired) electrons. The molecule has 0 fully saturated rings. The van der Waals surface area contributed by atoms with E-state index in [1.54, 1.807) is 35.8 Å². The molecule has 0 saturated heterocycles. The molecule has 2 aromatic heterocycles. The van der Waals surface area contributed by atoms with Crippen LogP contribution in [0.3, 0.4) is 0 Å². The average molecular weight is 706 g/mol. The predicted octanol–water partition coefficient (Wildman–Crippen LogP) is 6.49. The Morgan fingerprint density at radius 1 is 1.09 bits per heavy atom. The van der Waals surface area contributed by atoms with Gasteiger partial charge < -0.3 is 14.2 Å². The van der Waals surface area contributed by atoms with Crippen molar-refractivity contribution >= 4 is 56.3 Å². The van der Waals surface area contributed by atoms with Crippen molar-refractivity contribution < 1.29 is 23.4 Å². The van der Waals surface area contributed by atoms with Gasteiger partial charge in [0.1, 0.15) is 18.5 Å². The van der Waals surface area contributed by atoms with E-state index in [2.05, 4.69) is 15.9 Å². The number of esters is 1. The SMILES string of the molecule is CCOC(=O)C1=C(c2ccccc2)N=c2s/c(=C\c3cc(Br)c(OCc4ccc(F)cc4)c(OC)c3)c(=O)n2[C@H]1c1cccs1. The zero-order valence-electron chi connectivity index (χ0n) is 24.2. The molecule has 1 aliphatic rings. The third-order valence-corrected chi connectivity index (χ3v) is 9.53. The van der Waals surface area contributed by atoms with Crippen LogP contribution in [0.4, 0.5) is 4.39 Å². The van der Waals surface area contributed by atoms with Crippen LogP contribution in [0.5, 0.6) is 11.5 Å². The Morgan fingerprint density at radius 2 is 1.87 bits per heavy atom. The number of aromatic nitrogens is 1. The molecule has 0 aliphatic carbocycles. The molecule has 0 unspecified atom stereocenters. The highest BCUT2D eigenvalue weighted by Gasteiger charge is 2.35. The van der Waals surface area contributed by atoms with Crippen LogP contribution in [0, 0.1) is 5.82 Å². The van der Waals surface area contributed by atoms with Gasteiger partial charge in [-0.05, 0) is 75.8 Å². The van der Waals surface area contributed by atoms with Gasteiger partial charge in [0, 0.05) is 10.4 Å². The number of thiazole rings is 1. The topological polar surface area (TPSA) is 79.1 Å². The third-order valence-electron chi connectivity index (χ3n) is 7.03. The molecule has 0 N–H and O–H groups in total. The van der Waals surface area contributed by atoms with E-state index >= 15 is 0 Å². The Morgan fingerprint density at radius 3 is 2.56 bits per heavy atom. The summed E-state index contributed by atoms with van der Waals surface area (Å²) >= 11 is 6.28. The fourth-order valence-corrected chi connectivity index (χ4v) is 7.41. The molecule has 7 nitrogen and oxygen atoms in total. The molecule has 1 aliphatic heterocycles. The fourth-order valence-electron chi connectivity index (χ4n) is 5.01. The summed E-state index contributed by atoms with van der Waals surface area (Å²) in [7, 11) is 1.53. The third kappa shape index (κ3) is 6.28. The van der Waals surface area contributed by atoms with Crippen molar-refractivity contribution in [2.24, 2.45) is 4.99 Å². The Balaban J connectivity index is 1.46. The highest BCUT2D eigenvalue weighted by molar-refractivity contribution is 9.10. The number of fused-ring (bicyclic) bond motifs is 1. The van der Waals surface area contributed by atoms with Crippen LogP contribution in [-0.2, 0) is 16.1 Å². The number of hydrogen-bond donors (Lipinski definition) is 0. The van der Waals surface area contributed by atoms with Gasteiger partial charge in [-0.2, -0.15) is 0 Å². The molecule has 0 amide bonds. The van der Waals surface area contributed by atoms with E-state index in [9.17, 15) is 14.0 Å². The van der Waals surface area contributed by atoms with E-state index in [0.717, 1.165) is 16.0 Å². The highest BCUT2D eigenvalue weighted by Crippen LogP contribution is 2.38.